The number of ketones is 1. The third-order valence-corrected chi connectivity index (χ3v) is 5.24. The lowest BCUT2D eigenvalue weighted by Crippen LogP contribution is -2.34. The van der Waals surface area contributed by atoms with Crippen molar-refractivity contribution in [3.05, 3.63) is 59.7 Å². The molecule has 0 saturated heterocycles. The molecular weight excluding hydrogens is 396 g/mol. The highest BCUT2D eigenvalue weighted by Crippen LogP contribution is 2.14. The molecule has 1 atom stereocenters. The number of carbonyl (C=O) groups excluding carboxylic acids is 2. The number of carbonyl (C=O) groups is 2. The van der Waals surface area contributed by atoms with Crippen LogP contribution in [0.3, 0.4) is 0 Å². The number of nitriles is 1. The first kappa shape index (κ1) is 22.1. The van der Waals surface area contributed by atoms with Crippen molar-refractivity contribution in [3.63, 3.8) is 0 Å². The van der Waals surface area contributed by atoms with Gasteiger partial charge in [0, 0.05) is 5.56 Å². The van der Waals surface area contributed by atoms with Gasteiger partial charge >= 0.3 is 5.97 Å². The van der Waals surface area contributed by atoms with Gasteiger partial charge in [-0.2, -0.15) is 9.98 Å². The summed E-state index contributed by atoms with van der Waals surface area (Å²) in [6.07, 6.45) is -1.08. The first-order valence-corrected chi connectivity index (χ1v) is 10.2. The van der Waals surface area contributed by atoms with Gasteiger partial charge in [-0.05, 0) is 62.4 Å². The Hall–Kier alpha value is -3.22. The van der Waals surface area contributed by atoms with Gasteiger partial charge in [-0.15, -0.1) is 0 Å². The Bertz CT molecular complexity index is 1010. The molecule has 2 aromatic rings. The predicted molar refractivity (Wildman–Crippen MR) is 104 cm³/mol. The fourth-order valence-corrected chi connectivity index (χ4v) is 3.32. The molecule has 0 saturated carbocycles. The first-order valence-electron chi connectivity index (χ1n) is 8.73. The summed E-state index contributed by atoms with van der Waals surface area (Å²) in [5.41, 5.74) is 0.650. The van der Waals surface area contributed by atoms with Crippen LogP contribution in [0.2, 0.25) is 0 Å². The quantitative estimate of drug-likeness (QED) is 0.490. The third kappa shape index (κ3) is 6.14. The van der Waals surface area contributed by atoms with E-state index in [2.05, 4.69) is 4.72 Å². The molecule has 152 valence electrons. The van der Waals surface area contributed by atoms with E-state index in [9.17, 15) is 18.0 Å². The molecule has 0 radical (unpaired) electrons. The lowest BCUT2D eigenvalue weighted by atomic mass is 10.1. The molecule has 2 aromatic carbocycles. The summed E-state index contributed by atoms with van der Waals surface area (Å²) in [7, 11) is -3.96. The zero-order valence-corrected chi connectivity index (χ0v) is 16.7. The number of ether oxygens (including phenoxy) is 2. The summed E-state index contributed by atoms with van der Waals surface area (Å²) >= 11 is 0. The van der Waals surface area contributed by atoms with E-state index in [0.717, 1.165) is 0 Å². The standard InChI is InChI=1S/C20H20N2O6S/c1-3-27-17-8-6-16(7-9-17)20(24)14(2)28-19(23)13-22-29(25,26)18-10-4-15(12-21)5-11-18/h4-11,14,22H,3,13H2,1-2H3/t14-/m0/s1. The largest absolute Gasteiger partial charge is 0.494 e. The van der Waals surface area contributed by atoms with Crippen LogP contribution in [0.15, 0.2) is 53.4 Å². The molecule has 0 aliphatic rings. The van der Waals surface area contributed by atoms with Crippen molar-refractivity contribution >= 4 is 21.8 Å². The SMILES string of the molecule is CCOc1ccc(C(=O)[C@H](C)OC(=O)CNS(=O)(=O)c2ccc(C#N)cc2)cc1. The summed E-state index contributed by atoms with van der Waals surface area (Å²) in [5.74, 6) is -0.698. The minimum Gasteiger partial charge on any atom is -0.494 e. The summed E-state index contributed by atoms with van der Waals surface area (Å²) in [5, 5.41) is 8.75. The molecule has 0 spiro atoms. The van der Waals surface area contributed by atoms with Crippen molar-refractivity contribution in [2.45, 2.75) is 24.8 Å². The second-order valence-electron chi connectivity index (χ2n) is 5.91. The Kier molecular flexibility index (Phi) is 7.47. The van der Waals surface area contributed by atoms with Crippen LogP contribution in [0.1, 0.15) is 29.8 Å². The lowest BCUT2D eigenvalue weighted by Gasteiger charge is -2.13. The molecule has 9 heteroatoms. The molecule has 0 unspecified atom stereocenters. The van der Waals surface area contributed by atoms with Crippen molar-refractivity contribution in [3.8, 4) is 11.8 Å². The van der Waals surface area contributed by atoms with E-state index < -0.39 is 34.4 Å². The van der Waals surface area contributed by atoms with Gasteiger partial charge in [0.15, 0.2) is 6.10 Å². The fourth-order valence-electron chi connectivity index (χ4n) is 2.36. The lowest BCUT2D eigenvalue weighted by molar-refractivity contribution is -0.144. The zero-order chi connectivity index (χ0) is 21.4. The number of rotatable bonds is 9. The summed E-state index contributed by atoms with van der Waals surface area (Å²) in [6, 6.07) is 13.5. The van der Waals surface area contributed by atoms with Crippen molar-refractivity contribution < 1.29 is 27.5 Å². The maximum absolute atomic E-state index is 12.3. The zero-order valence-electron chi connectivity index (χ0n) is 15.9. The second kappa shape index (κ2) is 9.82. The van der Waals surface area contributed by atoms with Crippen LogP contribution in [0.5, 0.6) is 5.75 Å². The molecule has 8 nitrogen and oxygen atoms in total. The molecule has 0 aliphatic carbocycles. The van der Waals surface area contributed by atoms with E-state index in [-0.39, 0.29) is 4.90 Å². The number of nitrogens with one attached hydrogen (secondary N) is 1. The van der Waals surface area contributed by atoms with Crippen LogP contribution in [-0.4, -0.2) is 39.4 Å². The van der Waals surface area contributed by atoms with Gasteiger partial charge in [0.2, 0.25) is 15.8 Å². The molecule has 0 aliphatic heterocycles. The number of benzene rings is 2. The molecule has 0 heterocycles. The Balaban J connectivity index is 1.91. The van der Waals surface area contributed by atoms with E-state index in [1.807, 2.05) is 13.0 Å². The summed E-state index contributed by atoms with van der Waals surface area (Å²) in [4.78, 5) is 24.2. The number of hydrogen-bond acceptors (Lipinski definition) is 7. The van der Waals surface area contributed by atoms with Crippen LogP contribution in [0.4, 0.5) is 0 Å². The molecule has 1 N–H and O–H groups in total. The van der Waals surface area contributed by atoms with Crippen molar-refractivity contribution in [2.75, 3.05) is 13.2 Å². The fraction of sp³-hybridized carbons (Fsp3) is 0.250. The maximum Gasteiger partial charge on any atom is 0.321 e. The summed E-state index contributed by atoms with van der Waals surface area (Å²) < 4.78 is 36.8. The van der Waals surface area contributed by atoms with Gasteiger partial charge in [-0.25, -0.2) is 8.42 Å². The highest BCUT2D eigenvalue weighted by atomic mass is 32.2. The van der Waals surface area contributed by atoms with E-state index in [4.69, 9.17) is 14.7 Å². The average Bonchev–Trinajstić information content (AvgIpc) is 2.72. The van der Waals surface area contributed by atoms with Crippen LogP contribution in [0.25, 0.3) is 0 Å². The Morgan fingerprint density at radius 3 is 2.28 bits per heavy atom. The minimum atomic E-state index is -3.96. The van der Waals surface area contributed by atoms with Gasteiger partial charge in [0.25, 0.3) is 0 Å². The number of sulfonamides is 1. The normalized spacial score (nSPS) is 11.9. The number of esters is 1. The Morgan fingerprint density at radius 2 is 1.72 bits per heavy atom. The van der Waals surface area contributed by atoms with Gasteiger partial charge in [0.05, 0.1) is 23.1 Å². The van der Waals surface area contributed by atoms with Crippen LogP contribution >= 0.6 is 0 Å². The number of hydrogen-bond donors (Lipinski definition) is 1. The first-order chi connectivity index (χ1) is 13.8. The summed E-state index contributed by atoms with van der Waals surface area (Å²) in [6.45, 7) is 3.12. The van der Waals surface area contributed by atoms with Crippen LogP contribution in [-0.2, 0) is 19.6 Å². The van der Waals surface area contributed by atoms with Crippen molar-refractivity contribution in [2.24, 2.45) is 0 Å². The highest BCUT2D eigenvalue weighted by molar-refractivity contribution is 7.89. The molecular formula is C20H20N2O6S. The van der Waals surface area contributed by atoms with Crippen molar-refractivity contribution in [1.29, 1.82) is 5.26 Å². The Labute approximate surface area is 169 Å². The number of nitrogens with zero attached hydrogens (tertiary/aromatic N) is 1. The van der Waals surface area contributed by atoms with E-state index in [1.165, 1.54) is 31.2 Å². The second-order valence-corrected chi connectivity index (χ2v) is 7.68. The van der Waals surface area contributed by atoms with Gasteiger partial charge < -0.3 is 9.47 Å². The maximum atomic E-state index is 12.3. The van der Waals surface area contributed by atoms with E-state index >= 15 is 0 Å². The van der Waals surface area contributed by atoms with Gasteiger partial charge in [-0.3, -0.25) is 9.59 Å². The topological polar surface area (TPSA) is 123 Å². The van der Waals surface area contributed by atoms with Gasteiger partial charge in [-0.1, -0.05) is 0 Å². The molecule has 29 heavy (non-hydrogen) atoms. The Morgan fingerprint density at radius 1 is 1.10 bits per heavy atom. The smallest absolute Gasteiger partial charge is 0.321 e. The van der Waals surface area contributed by atoms with Crippen LogP contribution in [0, 0.1) is 11.3 Å². The molecule has 0 bridgehead atoms. The predicted octanol–water partition coefficient (Wildman–Crippen LogP) is 2.05. The molecule has 2 rings (SSSR count). The average molecular weight is 416 g/mol. The van der Waals surface area contributed by atoms with Crippen LogP contribution < -0.4 is 9.46 Å². The monoisotopic (exact) mass is 416 g/mol. The van der Waals surface area contributed by atoms with Gasteiger partial charge in [0.1, 0.15) is 12.3 Å². The highest BCUT2D eigenvalue weighted by Gasteiger charge is 2.21. The number of Topliss-reactive ketones (excluding diaryl/α,β-unsaturated/α-hetero) is 1. The molecule has 0 fully saturated rings. The minimum absolute atomic E-state index is 0.0946. The van der Waals surface area contributed by atoms with Crippen molar-refractivity contribution in [1.82, 2.24) is 4.72 Å². The van der Waals surface area contributed by atoms with E-state index in [1.54, 1.807) is 24.3 Å². The molecule has 0 aromatic heterocycles. The van der Waals surface area contributed by atoms with E-state index in [0.29, 0.717) is 23.5 Å². The third-order valence-electron chi connectivity index (χ3n) is 3.83. The molecule has 0 amide bonds.